The monoisotopic (exact) mass is 265 g/mol. The van der Waals surface area contributed by atoms with Gasteiger partial charge in [0.25, 0.3) is 0 Å². The summed E-state index contributed by atoms with van der Waals surface area (Å²) < 4.78 is 11.1. The molecule has 0 amide bonds. The number of hydrogen-bond donors (Lipinski definition) is 1. The first-order chi connectivity index (χ1) is 9.06. The lowest BCUT2D eigenvalue weighted by Crippen LogP contribution is -2.20. The second-order valence-electron chi connectivity index (χ2n) is 5.30. The standard InChI is InChI=1S/C16H27NO2/c1-6-13(4)10-17-11-14-7-8-15(19-12(2)3)16(9-14)18-5/h7-9,12-13,17H,6,10-11H2,1-5H3. The largest absolute Gasteiger partial charge is 0.493 e. The van der Waals surface area contributed by atoms with E-state index in [1.807, 2.05) is 26.0 Å². The molecule has 1 unspecified atom stereocenters. The van der Waals surface area contributed by atoms with E-state index in [0.29, 0.717) is 5.92 Å². The average Bonchev–Trinajstić information content (AvgIpc) is 2.39. The first-order valence-electron chi connectivity index (χ1n) is 7.11. The Bertz CT molecular complexity index is 377. The van der Waals surface area contributed by atoms with Crippen molar-refractivity contribution in [2.75, 3.05) is 13.7 Å². The molecule has 1 aromatic carbocycles. The topological polar surface area (TPSA) is 30.5 Å². The molecule has 0 spiro atoms. The molecule has 0 fully saturated rings. The van der Waals surface area contributed by atoms with Crippen molar-refractivity contribution in [1.29, 1.82) is 0 Å². The van der Waals surface area contributed by atoms with Gasteiger partial charge < -0.3 is 14.8 Å². The van der Waals surface area contributed by atoms with Crippen LogP contribution in [0.15, 0.2) is 18.2 Å². The predicted molar refractivity (Wildman–Crippen MR) is 79.9 cm³/mol. The molecule has 19 heavy (non-hydrogen) atoms. The van der Waals surface area contributed by atoms with Crippen molar-refractivity contribution in [3.8, 4) is 11.5 Å². The lowest BCUT2D eigenvalue weighted by Gasteiger charge is -2.15. The Hall–Kier alpha value is -1.22. The van der Waals surface area contributed by atoms with Crippen LogP contribution >= 0.6 is 0 Å². The number of ether oxygens (including phenoxy) is 2. The van der Waals surface area contributed by atoms with E-state index in [1.54, 1.807) is 7.11 Å². The van der Waals surface area contributed by atoms with Gasteiger partial charge in [0.2, 0.25) is 0 Å². The van der Waals surface area contributed by atoms with Crippen LogP contribution in [-0.2, 0) is 6.54 Å². The van der Waals surface area contributed by atoms with Crippen LogP contribution in [0.25, 0.3) is 0 Å². The van der Waals surface area contributed by atoms with Gasteiger partial charge in [-0.15, -0.1) is 0 Å². The molecule has 3 heteroatoms. The molecule has 0 saturated carbocycles. The first-order valence-corrected chi connectivity index (χ1v) is 7.11. The Kier molecular flexibility index (Phi) is 6.71. The Morgan fingerprint density at radius 2 is 1.89 bits per heavy atom. The maximum atomic E-state index is 5.71. The molecule has 1 rings (SSSR count). The van der Waals surface area contributed by atoms with Crippen LogP contribution in [0, 0.1) is 5.92 Å². The summed E-state index contributed by atoms with van der Waals surface area (Å²) in [6, 6.07) is 6.12. The van der Waals surface area contributed by atoms with Gasteiger partial charge in [0.1, 0.15) is 0 Å². The highest BCUT2D eigenvalue weighted by Crippen LogP contribution is 2.28. The van der Waals surface area contributed by atoms with E-state index in [0.717, 1.165) is 24.6 Å². The Morgan fingerprint density at radius 1 is 1.16 bits per heavy atom. The number of rotatable bonds is 8. The SMILES string of the molecule is CCC(C)CNCc1ccc(OC(C)C)c(OC)c1. The van der Waals surface area contributed by atoms with Gasteiger partial charge >= 0.3 is 0 Å². The Balaban J connectivity index is 2.61. The summed E-state index contributed by atoms with van der Waals surface area (Å²) in [6.45, 7) is 10.4. The van der Waals surface area contributed by atoms with Crippen molar-refractivity contribution >= 4 is 0 Å². The molecule has 0 saturated heterocycles. The fraction of sp³-hybridized carbons (Fsp3) is 0.625. The van der Waals surface area contributed by atoms with Crippen LogP contribution in [0.3, 0.4) is 0 Å². The number of methoxy groups -OCH3 is 1. The van der Waals surface area contributed by atoms with Crippen molar-refractivity contribution in [1.82, 2.24) is 5.32 Å². The summed E-state index contributed by atoms with van der Waals surface area (Å²) in [4.78, 5) is 0. The third-order valence-corrected chi connectivity index (χ3v) is 3.11. The summed E-state index contributed by atoms with van der Waals surface area (Å²) in [6.07, 6.45) is 1.36. The van der Waals surface area contributed by atoms with Crippen molar-refractivity contribution in [3.05, 3.63) is 23.8 Å². The molecule has 0 heterocycles. The first kappa shape index (κ1) is 15.8. The molecule has 0 aromatic heterocycles. The predicted octanol–water partition coefficient (Wildman–Crippen LogP) is 3.62. The van der Waals surface area contributed by atoms with Gasteiger partial charge in [0.15, 0.2) is 11.5 Å². The highest BCUT2D eigenvalue weighted by Gasteiger charge is 2.07. The molecule has 1 atom stereocenters. The summed E-state index contributed by atoms with van der Waals surface area (Å²) in [5, 5.41) is 3.47. The highest BCUT2D eigenvalue weighted by atomic mass is 16.5. The van der Waals surface area contributed by atoms with E-state index < -0.39 is 0 Å². The van der Waals surface area contributed by atoms with Crippen LogP contribution < -0.4 is 14.8 Å². The van der Waals surface area contributed by atoms with E-state index in [-0.39, 0.29) is 6.10 Å². The van der Waals surface area contributed by atoms with E-state index in [4.69, 9.17) is 9.47 Å². The normalized spacial score (nSPS) is 12.5. The number of benzene rings is 1. The zero-order valence-electron chi connectivity index (χ0n) is 12.8. The molecule has 1 aromatic rings. The van der Waals surface area contributed by atoms with Gasteiger partial charge in [-0.05, 0) is 44.0 Å². The van der Waals surface area contributed by atoms with Gasteiger partial charge in [-0.3, -0.25) is 0 Å². The van der Waals surface area contributed by atoms with Crippen LogP contribution in [0.5, 0.6) is 11.5 Å². The van der Waals surface area contributed by atoms with Crippen molar-refractivity contribution in [3.63, 3.8) is 0 Å². The van der Waals surface area contributed by atoms with E-state index in [9.17, 15) is 0 Å². The minimum Gasteiger partial charge on any atom is -0.493 e. The molecule has 108 valence electrons. The minimum atomic E-state index is 0.156. The number of hydrogen-bond acceptors (Lipinski definition) is 3. The Labute approximate surface area is 117 Å². The van der Waals surface area contributed by atoms with Gasteiger partial charge in [0.05, 0.1) is 13.2 Å². The zero-order valence-corrected chi connectivity index (χ0v) is 12.8. The van der Waals surface area contributed by atoms with Crippen LogP contribution in [0.4, 0.5) is 0 Å². The van der Waals surface area contributed by atoms with Crippen molar-refractivity contribution in [2.45, 2.75) is 46.8 Å². The summed E-state index contributed by atoms with van der Waals surface area (Å²) in [5.74, 6) is 2.32. The van der Waals surface area contributed by atoms with Crippen LogP contribution in [0.2, 0.25) is 0 Å². The smallest absolute Gasteiger partial charge is 0.161 e. The molecule has 0 bridgehead atoms. The second kappa shape index (κ2) is 8.05. The van der Waals surface area contributed by atoms with Crippen LogP contribution in [0.1, 0.15) is 39.7 Å². The van der Waals surface area contributed by atoms with Gasteiger partial charge in [-0.25, -0.2) is 0 Å². The van der Waals surface area contributed by atoms with Gasteiger partial charge in [-0.1, -0.05) is 26.3 Å². The molecular formula is C16H27NO2. The average molecular weight is 265 g/mol. The number of nitrogens with one attached hydrogen (secondary N) is 1. The lowest BCUT2D eigenvalue weighted by molar-refractivity contribution is 0.230. The molecule has 0 radical (unpaired) electrons. The van der Waals surface area contributed by atoms with E-state index in [2.05, 4.69) is 25.2 Å². The quantitative estimate of drug-likeness (QED) is 0.778. The lowest BCUT2D eigenvalue weighted by atomic mass is 10.1. The zero-order chi connectivity index (χ0) is 14.3. The molecule has 0 aliphatic heterocycles. The Morgan fingerprint density at radius 3 is 2.47 bits per heavy atom. The third-order valence-electron chi connectivity index (χ3n) is 3.11. The van der Waals surface area contributed by atoms with Crippen LogP contribution in [-0.4, -0.2) is 19.8 Å². The maximum absolute atomic E-state index is 5.71. The molecule has 3 nitrogen and oxygen atoms in total. The highest BCUT2D eigenvalue weighted by molar-refractivity contribution is 5.43. The fourth-order valence-corrected chi connectivity index (χ4v) is 1.78. The van der Waals surface area contributed by atoms with E-state index in [1.165, 1.54) is 12.0 Å². The molecule has 0 aliphatic rings. The van der Waals surface area contributed by atoms with Gasteiger partial charge in [-0.2, -0.15) is 0 Å². The van der Waals surface area contributed by atoms with Gasteiger partial charge in [0, 0.05) is 6.54 Å². The fourth-order valence-electron chi connectivity index (χ4n) is 1.78. The molecule has 1 N–H and O–H groups in total. The molecule has 0 aliphatic carbocycles. The third kappa shape index (κ3) is 5.52. The summed E-state index contributed by atoms with van der Waals surface area (Å²) in [5.41, 5.74) is 1.22. The molecular weight excluding hydrogens is 238 g/mol. The maximum Gasteiger partial charge on any atom is 0.161 e. The summed E-state index contributed by atoms with van der Waals surface area (Å²) in [7, 11) is 1.68. The minimum absolute atomic E-state index is 0.156. The summed E-state index contributed by atoms with van der Waals surface area (Å²) >= 11 is 0. The van der Waals surface area contributed by atoms with Crippen molar-refractivity contribution < 1.29 is 9.47 Å². The van der Waals surface area contributed by atoms with E-state index >= 15 is 0 Å². The second-order valence-corrected chi connectivity index (χ2v) is 5.30. The van der Waals surface area contributed by atoms with Crippen molar-refractivity contribution in [2.24, 2.45) is 5.92 Å².